The fourth-order valence-corrected chi connectivity index (χ4v) is 2.56. The molecule has 0 aliphatic carbocycles. The van der Waals surface area contributed by atoms with Crippen molar-refractivity contribution in [2.75, 3.05) is 38.1 Å². The average molecular weight is 257 g/mol. The Balaban J connectivity index is 1.99. The van der Waals surface area contributed by atoms with Crippen LogP contribution in [0.1, 0.15) is 5.56 Å². The van der Waals surface area contributed by atoms with E-state index in [0.717, 1.165) is 48.5 Å². The number of nitrogens with zero attached hydrogens (tertiary/aromatic N) is 3. The van der Waals surface area contributed by atoms with Gasteiger partial charge >= 0.3 is 0 Å². The van der Waals surface area contributed by atoms with Crippen molar-refractivity contribution in [2.45, 2.75) is 6.92 Å². The summed E-state index contributed by atoms with van der Waals surface area (Å²) in [5, 5.41) is 10.6. The highest BCUT2D eigenvalue weighted by atomic mass is 16.3. The number of piperazine rings is 1. The summed E-state index contributed by atoms with van der Waals surface area (Å²) >= 11 is 0. The monoisotopic (exact) mass is 257 g/mol. The standard InChI is InChI=1S/C15H19N3O/c1-11-9-15(18-7-5-17(2)6-8-18)16-14-4-3-12(19)10-13(11)14/h3-4,9-10,19H,5-8H2,1-2H3. The zero-order valence-electron chi connectivity index (χ0n) is 11.4. The molecule has 4 nitrogen and oxygen atoms in total. The van der Waals surface area contributed by atoms with E-state index in [0.29, 0.717) is 5.75 Å². The molecular formula is C15H19N3O. The van der Waals surface area contributed by atoms with Crippen molar-refractivity contribution in [1.29, 1.82) is 0 Å². The maximum atomic E-state index is 9.56. The van der Waals surface area contributed by atoms with Gasteiger partial charge in [-0.25, -0.2) is 4.98 Å². The predicted octanol–water partition coefficient (Wildman–Crippen LogP) is 2.00. The number of anilines is 1. The molecule has 1 aromatic heterocycles. The molecule has 1 saturated heterocycles. The molecule has 2 heterocycles. The van der Waals surface area contributed by atoms with Gasteiger partial charge in [-0.15, -0.1) is 0 Å². The van der Waals surface area contributed by atoms with Crippen LogP contribution >= 0.6 is 0 Å². The summed E-state index contributed by atoms with van der Waals surface area (Å²) in [4.78, 5) is 9.39. The van der Waals surface area contributed by atoms with Gasteiger partial charge in [-0.2, -0.15) is 0 Å². The fourth-order valence-electron chi connectivity index (χ4n) is 2.56. The zero-order chi connectivity index (χ0) is 13.4. The molecule has 0 unspecified atom stereocenters. The molecular weight excluding hydrogens is 238 g/mol. The molecule has 0 atom stereocenters. The van der Waals surface area contributed by atoms with Gasteiger partial charge in [0.15, 0.2) is 0 Å². The van der Waals surface area contributed by atoms with Crippen LogP contribution in [0.2, 0.25) is 0 Å². The SMILES string of the molecule is Cc1cc(N2CCN(C)CC2)nc2ccc(O)cc12. The van der Waals surface area contributed by atoms with Gasteiger partial charge in [0.1, 0.15) is 11.6 Å². The second kappa shape index (κ2) is 4.70. The Hall–Kier alpha value is -1.81. The van der Waals surface area contributed by atoms with Crippen LogP contribution in [-0.4, -0.2) is 48.2 Å². The van der Waals surface area contributed by atoms with Crippen molar-refractivity contribution in [3.63, 3.8) is 0 Å². The highest BCUT2D eigenvalue weighted by Gasteiger charge is 2.16. The van der Waals surface area contributed by atoms with E-state index in [2.05, 4.69) is 29.8 Å². The van der Waals surface area contributed by atoms with E-state index in [1.54, 1.807) is 12.1 Å². The Morgan fingerprint density at radius 2 is 1.84 bits per heavy atom. The summed E-state index contributed by atoms with van der Waals surface area (Å²) < 4.78 is 0. The van der Waals surface area contributed by atoms with Gasteiger partial charge in [-0.1, -0.05) is 0 Å². The number of phenolic OH excluding ortho intramolecular Hbond substituents is 1. The van der Waals surface area contributed by atoms with Crippen LogP contribution in [0.25, 0.3) is 10.9 Å². The number of rotatable bonds is 1. The van der Waals surface area contributed by atoms with Crippen molar-refractivity contribution in [3.8, 4) is 5.75 Å². The molecule has 3 rings (SSSR count). The average Bonchev–Trinajstić information content (AvgIpc) is 2.40. The van der Waals surface area contributed by atoms with Crippen molar-refractivity contribution in [3.05, 3.63) is 29.8 Å². The van der Waals surface area contributed by atoms with Gasteiger partial charge in [0.25, 0.3) is 0 Å². The minimum atomic E-state index is 0.296. The number of aromatic hydroxyl groups is 1. The quantitative estimate of drug-likeness (QED) is 0.848. The van der Waals surface area contributed by atoms with E-state index in [1.165, 1.54) is 0 Å². The molecule has 1 N–H and O–H groups in total. The van der Waals surface area contributed by atoms with Gasteiger partial charge in [-0.05, 0) is 43.8 Å². The first-order valence-corrected chi connectivity index (χ1v) is 6.67. The summed E-state index contributed by atoms with van der Waals surface area (Å²) in [7, 11) is 2.15. The number of likely N-dealkylation sites (N-methyl/N-ethyl adjacent to an activating group) is 1. The third-order valence-electron chi connectivity index (χ3n) is 3.81. The lowest BCUT2D eigenvalue weighted by atomic mass is 10.1. The summed E-state index contributed by atoms with van der Waals surface area (Å²) in [5.74, 6) is 1.34. The van der Waals surface area contributed by atoms with E-state index in [9.17, 15) is 5.11 Å². The Morgan fingerprint density at radius 1 is 1.11 bits per heavy atom. The van der Waals surface area contributed by atoms with E-state index >= 15 is 0 Å². The van der Waals surface area contributed by atoms with Gasteiger partial charge in [0, 0.05) is 31.6 Å². The molecule has 2 aromatic rings. The van der Waals surface area contributed by atoms with E-state index in [1.807, 2.05) is 6.07 Å². The number of aromatic nitrogens is 1. The molecule has 0 radical (unpaired) electrons. The van der Waals surface area contributed by atoms with Crippen LogP contribution in [0, 0.1) is 6.92 Å². The zero-order valence-corrected chi connectivity index (χ0v) is 11.4. The highest BCUT2D eigenvalue weighted by molar-refractivity contribution is 5.85. The topological polar surface area (TPSA) is 39.6 Å². The second-order valence-corrected chi connectivity index (χ2v) is 5.29. The largest absolute Gasteiger partial charge is 0.508 e. The van der Waals surface area contributed by atoms with Crippen LogP contribution in [0.4, 0.5) is 5.82 Å². The third-order valence-corrected chi connectivity index (χ3v) is 3.81. The normalized spacial score (nSPS) is 17.1. The van der Waals surface area contributed by atoms with Crippen LogP contribution in [0.5, 0.6) is 5.75 Å². The first-order valence-electron chi connectivity index (χ1n) is 6.67. The summed E-state index contributed by atoms with van der Waals surface area (Å²) in [6.45, 7) is 6.27. The summed E-state index contributed by atoms with van der Waals surface area (Å²) in [6, 6.07) is 7.48. The first kappa shape index (κ1) is 12.2. The Bertz CT molecular complexity index is 604. The van der Waals surface area contributed by atoms with E-state index in [4.69, 9.17) is 4.98 Å². The first-order chi connectivity index (χ1) is 9.13. The lowest BCUT2D eigenvalue weighted by Crippen LogP contribution is -2.44. The number of pyridine rings is 1. The maximum absolute atomic E-state index is 9.56. The Kier molecular flexibility index (Phi) is 3.03. The Labute approximate surface area is 113 Å². The number of benzene rings is 1. The lowest BCUT2D eigenvalue weighted by molar-refractivity contribution is 0.312. The van der Waals surface area contributed by atoms with Gasteiger partial charge in [-0.3, -0.25) is 0 Å². The van der Waals surface area contributed by atoms with Crippen LogP contribution in [0.3, 0.4) is 0 Å². The van der Waals surface area contributed by atoms with Gasteiger partial charge in [0.05, 0.1) is 5.52 Å². The third kappa shape index (κ3) is 2.36. The number of hydrogen-bond acceptors (Lipinski definition) is 4. The molecule has 4 heteroatoms. The predicted molar refractivity (Wildman–Crippen MR) is 77.9 cm³/mol. The second-order valence-electron chi connectivity index (χ2n) is 5.29. The number of phenols is 1. The lowest BCUT2D eigenvalue weighted by Gasteiger charge is -2.33. The van der Waals surface area contributed by atoms with Gasteiger partial charge < -0.3 is 14.9 Å². The van der Waals surface area contributed by atoms with E-state index < -0.39 is 0 Å². The summed E-state index contributed by atoms with van der Waals surface area (Å²) in [5.41, 5.74) is 2.11. The summed E-state index contributed by atoms with van der Waals surface area (Å²) in [6.07, 6.45) is 0. The fraction of sp³-hybridized carbons (Fsp3) is 0.400. The molecule has 0 bridgehead atoms. The molecule has 19 heavy (non-hydrogen) atoms. The molecule has 0 saturated carbocycles. The highest BCUT2D eigenvalue weighted by Crippen LogP contribution is 2.26. The number of hydrogen-bond donors (Lipinski definition) is 1. The van der Waals surface area contributed by atoms with Crippen molar-refractivity contribution in [2.24, 2.45) is 0 Å². The molecule has 0 spiro atoms. The number of aryl methyl sites for hydroxylation is 1. The van der Waals surface area contributed by atoms with Crippen LogP contribution in [-0.2, 0) is 0 Å². The van der Waals surface area contributed by atoms with E-state index in [-0.39, 0.29) is 0 Å². The molecule has 1 fully saturated rings. The van der Waals surface area contributed by atoms with Crippen molar-refractivity contribution in [1.82, 2.24) is 9.88 Å². The molecule has 1 aliphatic rings. The molecule has 1 aromatic carbocycles. The van der Waals surface area contributed by atoms with Crippen LogP contribution < -0.4 is 4.90 Å². The Morgan fingerprint density at radius 3 is 2.58 bits per heavy atom. The molecule has 100 valence electrons. The molecule has 0 amide bonds. The van der Waals surface area contributed by atoms with Crippen molar-refractivity contribution >= 4 is 16.7 Å². The number of fused-ring (bicyclic) bond motifs is 1. The molecule has 1 aliphatic heterocycles. The maximum Gasteiger partial charge on any atom is 0.129 e. The smallest absolute Gasteiger partial charge is 0.129 e. The van der Waals surface area contributed by atoms with Crippen molar-refractivity contribution < 1.29 is 5.11 Å². The van der Waals surface area contributed by atoms with Crippen LogP contribution in [0.15, 0.2) is 24.3 Å². The minimum absolute atomic E-state index is 0.296. The van der Waals surface area contributed by atoms with Gasteiger partial charge in [0.2, 0.25) is 0 Å². The minimum Gasteiger partial charge on any atom is -0.508 e.